The largest absolute Gasteiger partial charge is 0.336 e. The molecule has 1 fully saturated rings. The van der Waals surface area contributed by atoms with Crippen LogP contribution in [0.2, 0.25) is 0 Å². The number of amides is 1. The van der Waals surface area contributed by atoms with E-state index < -0.39 is 11.6 Å². The smallest absolute Gasteiger partial charge is 0.255 e. The lowest BCUT2D eigenvalue weighted by Gasteiger charge is -2.32. The average molecular weight is 319 g/mol. The van der Waals surface area contributed by atoms with E-state index in [9.17, 15) is 13.6 Å². The van der Waals surface area contributed by atoms with Crippen LogP contribution in [0.5, 0.6) is 0 Å². The Balaban J connectivity index is 2.21. The van der Waals surface area contributed by atoms with Crippen molar-refractivity contribution in [2.24, 2.45) is 0 Å². The van der Waals surface area contributed by atoms with Gasteiger partial charge >= 0.3 is 0 Å². The Morgan fingerprint density at radius 3 is 2.33 bits per heavy atom. The van der Waals surface area contributed by atoms with E-state index in [1.54, 1.807) is 4.90 Å². The predicted octanol–water partition coefficient (Wildman–Crippen LogP) is 2.11. The van der Waals surface area contributed by atoms with Crippen LogP contribution in [0.1, 0.15) is 10.4 Å². The molecule has 1 aliphatic rings. The maximum atomic E-state index is 13.2. The Hall–Kier alpha value is -1.01. The maximum Gasteiger partial charge on any atom is 0.255 e. The third-order valence-electron chi connectivity index (χ3n) is 3.03. The molecule has 2 rings (SSSR count). The van der Waals surface area contributed by atoms with E-state index in [2.05, 4.69) is 20.8 Å². The van der Waals surface area contributed by atoms with Gasteiger partial charge in [0, 0.05) is 30.7 Å². The summed E-state index contributed by atoms with van der Waals surface area (Å²) >= 11 is 3.10. The Kier molecular flexibility index (Phi) is 3.97. The van der Waals surface area contributed by atoms with Crippen LogP contribution in [0.4, 0.5) is 8.78 Å². The van der Waals surface area contributed by atoms with E-state index >= 15 is 0 Å². The molecule has 1 aliphatic heterocycles. The third-order valence-corrected chi connectivity index (χ3v) is 3.69. The van der Waals surface area contributed by atoms with E-state index in [-0.39, 0.29) is 15.9 Å². The fraction of sp³-hybridized carbons (Fsp3) is 0.417. The minimum Gasteiger partial charge on any atom is -0.336 e. The fourth-order valence-corrected chi connectivity index (χ4v) is 2.35. The van der Waals surface area contributed by atoms with Crippen LogP contribution in [-0.4, -0.2) is 48.9 Å². The monoisotopic (exact) mass is 318 g/mol. The topological polar surface area (TPSA) is 23.6 Å². The lowest BCUT2D eigenvalue weighted by molar-refractivity contribution is 0.0662. The predicted molar refractivity (Wildman–Crippen MR) is 67.5 cm³/mol. The molecule has 1 aromatic carbocycles. The van der Waals surface area contributed by atoms with Crippen molar-refractivity contribution in [3.63, 3.8) is 0 Å². The summed E-state index contributed by atoms with van der Waals surface area (Å²) in [5, 5.41) is 0. The first kappa shape index (κ1) is 13.4. The zero-order valence-electron chi connectivity index (χ0n) is 9.92. The van der Waals surface area contributed by atoms with Crippen LogP contribution in [0.25, 0.3) is 0 Å². The van der Waals surface area contributed by atoms with Crippen LogP contribution in [-0.2, 0) is 0 Å². The number of carbonyl (C=O) groups excluding carboxylic acids is 1. The van der Waals surface area contributed by atoms with Gasteiger partial charge in [0.15, 0.2) is 11.6 Å². The Morgan fingerprint density at radius 1 is 1.17 bits per heavy atom. The van der Waals surface area contributed by atoms with E-state index in [1.807, 2.05) is 7.05 Å². The summed E-state index contributed by atoms with van der Waals surface area (Å²) in [6.07, 6.45) is 0. The normalized spacial score (nSPS) is 17.0. The molecule has 0 aromatic heterocycles. The molecule has 0 radical (unpaired) electrons. The molecule has 98 valence electrons. The van der Waals surface area contributed by atoms with Gasteiger partial charge in [-0.05, 0) is 35.1 Å². The third kappa shape index (κ3) is 2.70. The SMILES string of the molecule is CN1CCN(C(=O)c2cc(F)c(F)cc2Br)CC1. The standard InChI is InChI=1S/C12H13BrF2N2O/c1-16-2-4-17(5-3-16)12(18)8-6-10(14)11(15)7-9(8)13/h6-7H,2-5H2,1H3. The van der Waals surface area contributed by atoms with Gasteiger partial charge in [-0.1, -0.05) is 0 Å². The molecule has 0 N–H and O–H groups in total. The number of hydrogen-bond acceptors (Lipinski definition) is 2. The highest BCUT2D eigenvalue weighted by molar-refractivity contribution is 9.10. The lowest BCUT2D eigenvalue weighted by atomic mass is 10.1. The first-order chi connectivity index (χ1) is 8.49. The molecule has 6 heteroatoms. The van der Waals surface area contributed by atoms with Crippen LogP contribution < -0.4 is 0 Å². The van der Waals surface area contributed by atoms with Gasteiger partial charge in [-0.3, -0.25) is 4.79 Å². The maximum absolute atomic E-state index is 13.2. The Bertz CT molecular complexity index is 473. The zero-order chi connectivity index (χ0) is 13.3. The van der Waals surface area contributed by atoms with Crippen molar-refractivity contribution in [3.05, 3.63) is 33.8 Å². The molecule has 18 heavy (non-hydrogen) atoms. The zero-order valence-corrected chi connectivity index (χ0v) is 11.5. The molecule has 0 atom stereocenters. The lowest BCUT2D eigenvalue weighted by Crippen LogP contribution is -2.47. The quantitative estimate of drug-likeness (QED) is 0.740. The van der Waals surface area contributed by atoms with Crippen molar-refractivity contribution in [1.29, 1.82) is 0 Å². The van der Waals surface area contributed by atoms with Crippen molar-refractivity contribution in [1.82, 2.24) is 9.80 Å². The number of hydrogen-bond donors (Lipinski definition) is 0. The minimum atomic E-state index is -1.00. The van der Waals surface area contributed by atoms with E-state index in [1.165, 1.54) is 0 Å². The van der Waals surface area contributed by atoms with E-state index in [0.717, 1.165) is 25.2 Å². The first-order valence-corrected chi connectivity index (χ1v) is 6.40. The number of rotatable bonds is 1. The molecule has 1 saturated heterocycles. The van der Waals surface area contributed by atoms with Gasteiger partial charge in [-0.2, -0.15) is 0 Å². The second-order valence-electron chi connectivity index (χ2n) is 4.34. The van der Waals surface area contributed by atoms with Crippen LogP contribution in [0.15, 0.2) is 16.6 Å². The summed E-state index contributed by atoms with van der Waals surface area (Å²) in [6, 6.07) is 1.93. The van der Waals surface area contributed by atoms with Crippen molar-refractivity contribution < 1.29 is 13.6 Å². The Morgan fingerprint density at radius 2 is 1.72 bits per heavy atom. The van der Waals surface area contributed by atoms with E-state index in [4.69, 9.17) is 0 Å². The highest BCUT2D eigenvalue weighted by Crippen LogP contribution is 2.22. The Labute approximate surface area is 112 Å². The molecule has 0 aliphatic carbocycles. The van der Waals surface area contributed by atoms with Crippen molar-refractivity contribution in [2.45, 2.75) is 0 Å². The molecule has 1 amide bonds. The highest BCUT2D eigenvalue weighted by atomic mass is 79.9. The average Bonchev–Trinajstić information content (AvgIpc) is 2.34. The molecular formula is C12H13BrF2N2O. The number of piperazine rings is 1. The molecular weight excluding hydrogens is 306 g/mol. The van der Waals surface area contributed by atoms with Gasteiger partial charge in [0.25, 0.3) is 5.91 Å². The summed E-state index contributed by atoms with van der Waals surface area (Å²) in [5.74, 6) is -2.23. The van der Waals surface area contributed by atoms with Gasteiger partial charge in [0.1, 0.15) is 0 Å². The second-order valence-corrected chi connectivity index (χ2v) is 5.20. The van der Waals surface area contributed by atoms with Crippen molar-refractivity contribution >= 4 is 21.8 Å². The van der Waals surface area contributed by atoms with Crippen molar-refractivity contribution in [3.8, 4) is 0 Å². The molecule has 0 saturated carbocycles. The van der Waals surface area contributed by atoms with Crippen LogP contribution in [0.3, 0.4) is 0 Å². The minimum absolute atomic E-state index is 0.165. The van der Waals surface area contributed by atoms with Gasteiger partial charge < -0.3 is 9.80 Å². The number of nitrogens with zero attached hydrogens (tertiary/aromatic N) is 2. The molecule has 0 bridgehead atoms. The number of halogens is 3. The van der Waals surface area contributed by atoms with Gasteiger partial charge in [0.2, 0.25) is 0 Å². The second kappa shape index (κ2) is 5.32. The molecule has 0 unspecified atom stereocenters. The summed E-state index contributed by atoms with van der Waals surface area (Å²) in [7, 11) is 1.98. The summed E-state index contributed by atoms with van der Waals surface area (Å²) in [4.78, 5) is 15.9. The number of likely N-dealkylation sites (N-methyl/N-ethyl adjacent to an activating group) is 1. The molecule has 1 heterocycles. The van der Waals surface area contributed by atoms with Crippen LogP contribution in [0, 0.1) is 11.6 Å². The van der Waals surface area contributed by atoms with E-state index in [0.29, 0.717) is 13.1 Å². The molecule has 0 spiro atoms. The first-order valence-electron chi connectivity index (χ1n) is 5.61. The summed E-state index contributed by atoms with van der Waals surface area (Å²) in [5.41, 5.74) is 0.165. The summed E-state index contributed by atoms with van der Waals surface area (Å²) in [6.45, 7) is 2.77. The molecule has 1 aromatic rings. The van der Waals surface area contributed by atoms with Gasteiger partial charge in [-0.25, -0.2) is 8.78 Å². The highest BCUT2D eigenvalue weighted by Gasteiger charge is 2.23. The number of benzene rings is 1. The van der Waals surface area contributed by atoms with Crippen molar-refractivity contribution in [2.75, 3.05) is 33.2 Å². The van der Waals surface area contributed by atoms with Gasteiger partial charge in [-0.15, -0.1) is 0 Å². The molecule has 3 nitrogen and oxygen atoms in total. The number of carbonyl (C=O) groups is 1. The fourth-order valence-electron chi connectivity index (χ4n) is 1.87. The summed E-state index contributed by atoms with van der Waals surface area (Å²) < 4.78 is 26.4. The van der Waals surface area contributed by atoms with Crippen LogP contribution >= 0.6 is 15.9 Å². The van der Waals surface area contributed by atoms with Gasteiger partial charge in [0.05, 0.1) is 5.56 Å².